The molecular formula is C26H22FNO6S. The average molecular weight is 496 g/mol. The zero-order valence-corrected chi connectivity index (χ0v) is 19.4. The third kappa shape index (κ3) is 6.33. The second-order valence-corrected chi connectivity index (χ2v) is 9.78. The van der Waals surface area contributed by atoms with Gasteiger partial charge in [0.25, 0.3) is 5.91 Å². The Balaban J connectivity index is 1.40. The Morgan fingerprint density at radius 2 is 1.71 bits per heavy atom. The Labute approximate surface area is 202 Å². The van der Waals surface area contributed by atoms with Crippen molar-refractivity contribution in [3.8, 4) is 5.75 Å². The van der Waals surface area contributed by atoms with Crippen LogP contribution in [0.4, 0.5) is 10.1 Å². The van der Waals surface area contributed by atoms with Gasteiger partial charge in [-0.3, -0.25) is 4.79 Å². The second kappa shape index (κ2) is 10.5. The summed E-state index contributed by atoms with van der Waals surface area (Å²) in [5.41, 5.74) is 1.44. The van der Waals surface area contributed by atoms with Crippen LogP contribution in [0.2, 0.25) is 0 Å². The summed E-state index contributed by atoms with van der Waals surface area (Å²) in [6.45, 7) is -0.389. The SMILES string of the molecule is O=C(OCC(=O)N(c1ccccc1)C1C=CS(=O)(=O)C1)c1cccc(OCc2ccc(F)cc2)c1. The lowest BCUT2D eigenvalue weighted by molar-refractivity contribution is -0.121. The van der Waals surface area contributed by atoms with Crippen LogP contribution in [-0.4, -0.2) is 38.7 Å². The first kappa shape index (κ1) is 24.2. The third-order valence-corrected chi connectivity index (χ3v) is 6.64. The van der Waals surface area contributed by atoms with Gasteiger partial charge in [-0.1, -0.05) is 36.4 Å². The Morgan fingerprint density at radius 1 is 0.971 bits per heavy atom. The lowest BCUT2D eigenvalue weighted by Gasteiger charge is -2.27. The smallest absolute Gasteiger partial charge is 0.338 e. The van der Waals surface area contributed by atoms with Crippen molar-refractivity contribution in [2.75, 3.05) is 17.3 Å². The molecule has 1 amide bonds. The molecule has 7 nitrogen and oxygen atoms in total. The molecule has 1 aliphatic rings. The highest BCUT2D eigenvalue weighted by atomic mass is 32.2. The molecule has 0 saturated heterocycles. The molecule has 9 heteroatoms. The molecule has 4 rings (SSSR count). The Hall–Kier alpha value is -3.98. The molecule has 0 aliphatic carbocycles. The fraction of sp³-hybridized carbons (Fsp3) is 0.154. The zero-order valence-electron chi connectivity index (χ0n) is 18.5. The molecule has 1 unspecified atom stereocenters. The molecule has 180 valence electrons. The van der Waals surface area contributed by atoms with Crippen LogP contribution in [0.1, 0.15) is 15.9 Å². The summed E-state index contributed by atoms with van der Waals surface area (Å²) in [5, 5.41) is 1.09. The number of rotatable bonds is 8. The van der Waals surface area contributed by atoms with E-state index in [0.29, 0.717) is 11.4 Å². The lowest BCUT2D eigenvalue weighted by atomic mass is 10.2. The van der Waals surface area contributed by atoms with Crippen LogP contribution in [0.3, 0.4) is 0 Å². The molecule has 35 heavy (non-hydrogen) atoms. The van der Waals surface area contributed by atoms with Gasteiger partial charge in [-0.15, -0.1) is 0 Å². The summed E-state index contributed by atoms with van der Waals surface area (Å²) in [7, 11) is -3.40. The second-order valence-electron chi connectivity index (χ2n) is 7.84. The highest BCUT2D eigenvalue weighted by Crippen LogP contribution is 2.23. The van der Waals surface area contributed by atoms with Gasteiger partial charge >= 0.3 is 5.97 Å². The molecule has 0 bridgehead atoms. The maximum atomic E-state index is 13.0. The molecule has 3 aromatic carbocycles. The summed E-state index contributed by atoms with van der Waals surface area (Å²) in [6.07, 6.45) is 1.45. The van der Waals surface area contributed by atoms with E-state index in [0.717, 1.165) is 11.0 Å². The van der Waals surface area contributed by atoms with E-state index in [1.54, 1.807) is 54.6 Å². The van der Waals surface area contributed by atoms with E-state index in [1.165, 1.54) is 35.2 Å². The summed E-state index contributed by atoms with van der Waals surface area (Å²) in [5.74, 6) is -1.46. The minimum atomic E-state index is -3.40. The number of hydrogen-bond donors (Lipinski definition) is 0. The number of carbonyl (C=O) groups excluding carboxylic acids is 2. The molecule has 0 aromatic heterocycles. The predicted octanol–water partition coefficient (Wildman–Crippen LogP) is 3.91. The van der Waals surface area contributed by atoms with Crippen molar-refractivity contribution >= 4 is 27.4 Å². The Bertz CT molecular complexity index is 1340. The van der Waals surface area contributed by atoms with Gasteiger partial charge in [-0.25, -0.2) is 17.6 Å². The maximum Gasteiger partial charge on any atom is 0.338 e. The number of benzene rings is 3. The first-order valence-electron chi connectivity index (χ1n) is 10.7. The minimum absolute atomic E-state index is 0.182. The number of hydrogen-bond acceptors (Lipinski definition) is 6. The number of esters is 1. The van der Waals surface area contributed by atoms with Gasteiger partial charge in [0.1, 0.15) is 18.2 Å². The lowest BCUT2D eigenvalue weighted by Crippen LogP contribution is -2.43. The van der Waals surface area contributed by atoms with Crippen molar-refractivity contribution in [1.29, 1.82) is 0 Å². The van der Waals surface area contributed by atoms with Crippen LogP contribution >= 0.6 is 0 Å². The summed E-state index contributed by atoms with van der Waals surface area (Å²) in [6, 6.07) is 20.0. The Kier molecular flexibility index (Phi) is 7.26. The number of anilines is 1. The molecule has 0 N–H and O–H groups in total. The van der Waals surface area contributed by atoms with Crippen LogP contribution in [0.25, 0.3) is 0 Å². The number of para-hydroxylation sites is 1. The normalized spacial score (nSPS) is 16.0. The number of nitrogens with zero attached hydrogens (tertiary/aromatic N) is 1. The average Bonchev–Trinajstić information content (AvgIpc) is 3.22. The molecule has 0 radical (unpaired) electrons. The molecule has 1 atom stereocenters. The number of ether oxygens (including phenoxy) is 2. The number of carbonyl (C=O) groups is 2. The quantitative estimate of drug-likeness (QED) is 0.441. The van der Waals surface area contributed by atoms with E-state index in [-0.39, 0.29) is 23.7 Å². The van der Waals surface area contributed by atoms with Gasteiger partial charge in [0.2, 0.25) is 0 Å². The summed E-state index contributed by atoms with van der Waals surface area (Å²) < 4.78 is 47.7. The van der Waals surface area contributed by atoms with Crippen LogP contribution in [0, 0.1) is 5.82 Å². The standard InChI is InChI=1S/C26H22FNO6S/c27-21-11-9-19(10-12-21)16-33-24-8-4-5-20(15-24)26(30)34-17-25(29)28(22-6-2-1-3-7-22)23-13-14-35(31,32)18-23/h1-15,23H,16-18H2. The van der Waals surface area contributed by atoms with E-state index in [1.807, 2.05) is 0 Å². The molecule has 1 aliphatic heterocycles. The van der Waals surface area contributed by atoms with Gasteiger partial charge < -0.3 is 14.4 Å². The van der Waals surface area contributed by atoms with Crippen molar-refractivity contribution in [1.82, 2.24) is 0 Å². The van der Waals surface area contributed by atoms with Crippen molar-refractivity contribution in [3.05, 3.63) is 107 Å². The van der Waals surface area contributed by atoms with E-state index < -0.39 is 34.4 Å². The van der Waals surface area contributed by atoms with Crippen molar-refractivity contribution in [2.24, 2.45) is 0 Å². The highest BCUT2D eigenvalue weighted by Gasteiger charge is 2.31. The fourth-order valence-corrected chi connectivity index (χ4v) is 4.84. The van der Waals surface area contributed by atoms with E-state index in [2.05, 4.69) is 0 Å². The topological polar surface area (TPSA) is 90.0 Å². The predicted molar refractivity (Wildman–Crippen MR) is 128 cm³/mol. The number of amides is 1. The molecular weight excluding hydrogens is 473 g/mol. The van der Waals surface area contributed by atoms with Gasteiger partial charge in [0, 0.05) is 11.1 Å². The Morgan fingerprint density at radius 3 is 2.40 bits per heavy atom. The van der Waals surface area contributed by atoms with E-state index in [9.17, 15) is 22.4 Å². The number of sulfone groups is 1. The van der Waals surface area contributed by atoms with Crippen LogP contribution < -0.4 is 9.64 Å². The minimum Gasteiger partial charge on any atom is -0.489 e. The molecule has 0 fully saturated rings. The van der Waals surface area contributed by atoms with E-state index in [4.69, 9.17) is 9.47 Å². The molecule has 0 spiro atoms. The summed E-state index contributed by atoms with van der Waals surface area (Å²) in [4.78, 5) is 26.9. The van der Waals surface area contributed by atoms with Crippen LogP contribution in [-0.2, 0) is 26.0 Å². The van der Waals surface area contributed by atoms with Crippen LogP contribution in [0.15, 0.2) is 90.3 Å². The van der Waals surface area contributed by atoms with Gasteiger partial charge in [0.15, 0.2) is 16.4 Å². The van der Waals surface area contributed by atoms with Crippen molar-refractivity contribution < 1.29 is 31.9 Å². The fourth-order valence-electron chi connectivity index (χ4n) is 3.57. The first-order chi connectivity index (χ1) is 16.8. The van der Waals surface area contributed by atoms with Gasteiger partial charge in [0.05, 0.1) is 17.4 Å². The van der Waals surface area contributed by atoms with Crippen molar-refractivity contribution in [3.63, 3.8) is 0 Å². The van der Waals surface area contributed by atoms with E-state index >= 15 is 0 Å². The van der Waals surface area contributed by atoms with Crippen LogP contribution in [0.5, 0.6) is 5.75 Å². The summed E-state index contributed by atoms with van der Waals surface area (Å²) >= 11 is 0. The molecule has 0 saturated carbocycles. The maximum absolute atomic E-state index is 13.0. The number of halogens is 1. The first-order valence-corrected chi connectivity index (χ1v) is 12.4. The zero-order chi connectivity index (χ0) is 24.8. The van der Waals surface area contributed by atoms with Crippen molar-refractivity contribution in [2.45, 2.75) is 12.6 Å². The van der Waals surface area contributed by atoms with Gasteiger partial charge in [-0.05, 0) is 54.1 Å². The molecule has 1 heterocycles. The highest BCUT2D eigenvalue weighted by molar-refractivity contribution is 7.94. The third-order valence-electron chi connectivity index (χ3n) is 5.26. The largest absolute Gasteiger partial charge is 0.489 e. The van der Waals surface area contributed by atoms with Gasteiger partial charge in [-0.2, -0.15) is 0 Å². The molecule has 3 aromatic rings. The monoisotopic (exact) mass is 495 g/mol.